The van der Waals surface area contributed by atoms with Crippen LogP contribution in [-0.2, 0) is 6.42 Å². The molecule has 286 valence electrons. The number of benzene rings is 8. The van der Waals surface area contributed by atoms with Gasteiger partial charge in [-0.2, -0.15) is 0 Å². The molecule has 2 unspecified atom stereocenters. The first-order valence-corrected chi connectivity index (χ1v) is 21.4. The third kappa shape index (κ3) is 7.29. The minimum Gasteiger partial charge on any atom is -0.457 e. The molecule has 0 saturated heterocycles. The van der Waals surface area contributed by atoms with Crippen LogP contribution in [0.4, 0.5) is 17.1 Å². The van der Waals surface area contributed by atoms with Gasteiger partial charge in [-0.1, -0.05) is 134 Å². The molecule has 0 radical (unpaired) electrons. The van der Waals surface area contributed by atoms with Gasteiger partial charge >= 0.3 is 0 Å². The summed E-state index contributed by atoms with van der Waals surface area (Å²) < 4.78 is 6.76. The standard InChI is InChI=1S/C56H51NO/c1-38-30-40-33-41(31-38)35-42(34-40)36-48-14-5-8-23-56(48)58-55-29-26-47(32-39(55)2)46-17-9-18-50(37-46)57(54-22-11-16-44-13-4-7-20-53(44)54)49-27-24-45(25-28-49)52-21-10-15-43-12-3-6-19-51(43)52/h3-29,32,37-38,40-42H,30-31,33-36H2,1-2H3/t38?,40-,41+,42?. The molecule has 2 heteroatoms. The molecule has 8 aromatic carbocycles. The number of para-hydroxylation sites is 1. The highest BCUT2D eigenvalue weighted by molar-refractivity contribution is 6.00. The van der Waals surface area contributed by atoms with Crippen molar-refractivity contribution in [2.75, 3.05) is 4.90 Å². The fourth-order valence-corrected chi connectivity index (χ4v) is 10.6. The van der Waals surface area contributed by atoms with E-state index in [9.17, 15) is 0 Å². The van der Waals surface area contributed by atoms with Gasteiger partial charge in [0, 0.05) is 16.8 Å². The Balaban J connectivity index is 0.955. The molecule has 0 aromatic heterocycles. The zero-order chi connectivity index (χ0) is 39.0. The monoisotopic (exact) mass is 753 g/mol. The van der Waals surface area contributed by atoms with Gasteiger partial charge < -0.3 is 9.64 Å². The molecule has 8 aromatic rings. The Morgan fingerprint density at radius 2 is 1.14 bits per heavy atom. The number of rotatable bonds is 9. The maximum atomic E-state index is 6.76. The lowest BCUT2D eigenvalue weighted by Gasteiger charge is -2.42. The Labute approximate surface area is 343 Å². The summed E-state index contributed by atoms with van der Waals surface area (Å²) in [5.74, 6) is 5.40. The quantitative estimate of drug-likeness (QED) is 0.146. The topological polar surface area (TPSA) is 12.5 Å². The summed E-state index contributed by atoms with van der Waals surface area (Å²) >= 11 is 0. The van der Waals surface area contributed by atoms with Gasteiger partial charge in [0.2, 0.25) is 0 Å². The molecule has 2 fully saturated rings. The number of ether oxygens (including phenoxy) is 1. The third-order valence-electron chi connectivity index (χ3n) is 13.0. The number of hydrogen-bond donors (Lipinski definition) is 0. The van der Waals surface area contributed by atoms with Gasteiger partial charge in [-0.25, -0.2) is 0 Å². The summed E-state index contributed by atoms with van der Waals surface area (Å²) in [5, 5.41) is 4.96. The largest absolute Gasteiger partial charge is 0.457 e. The summed E-state index contributed by atoms with van der Waals surface area (Å²) in [6, 6.07) is 63.9. The Hall–Kier alpha value is -6.12. The van der Waals surface area contributed by atoms with Gasteiger partial charge in [-0.15, -0.1) is 0 Å². The smallest absolute Gasteiger partial charge is 0.130 e. The highest BCUT2D eigenvalue weighted by Gasteiger charge is 2.34. The molecule has 0 amide bonds. The van der Waals surface area contributed by atoms with Crippen LogP contribution in [0.15, 0.2) is 176 Å². The van der Waals surface area contributed by atoms with Crippen LogP contribution >= 0.6 is 0 Å². The fourth-order valence-electron chi connectivity index (χ4n) is 10.6. The zero-order valence-corrected chi connectivity index (χ0v) is 33.7. The van der Waals surface area contributed by atoms with Crippen LogP contribution in [0.1, 0.15) is 50.2 Å². The van der Waals surface area contributed by atoms with Gasteiger partial charge in [0.1, 0.15) is 11.5 Å². The van der Waals surface area contributed by atoms with Crippen LogP contribution in [0.2, 0.25) is 0 Å². The Bertz CT molecular complexity index is 2700. The van der Waals surface area contributed by atoms with Crippen LogP contribution in [0.25, 0.3) is 43.8 Å². The van der Waals surface area contributed by atoms with E-state index >= 15 is 0 Å². The minimum absolute atomic E-state index is 0.757. The average molecular weight is 754 g/mol. The van der Waals surface area contributed by atoms with E-state index in [2.05, 4.69) is 195 Å². The molecule has 0 spiro atoms. The van der Waals surface area contributed by atoms with Crippen LogP contribution in [0.5, 0.6) is 11.5 Å². The maximum absolute atomic E-state index is 6.76. The van der Waals surface area contributed by atoms with Crippen molar-refractivity contribution in [3.05, 3.63) is 187 Å². The molecule has 2 aliphatic carbocycles. The molecule has 4 atom stereocenters. The van der Waals surface area contributed by atoms with Crippen molar-refractivity contribution in [1.29, 1.82) is 0 Å². The van der Waals surface area contributed by atoms with Gasteiger partial charge in [0.05, 0.1) is 5.69 Å². The van der Waals surface area contributed by atoms with E-state index in [1.165, 1.54) is 81.5 Å². The highest BCUT2D eigenvalue weighted by atomic mass is 16.5. The second-order valence-electron chi connectivity index (χ2n) is 17.2. The zero-order valence-electron chi connectivity index (χ0n) is 33.7. The molecule has 2 nitrogen and oxygen atoms in total. The minimum atomic E-state index is 0.757. The number of anilines is 3. The van der Waals surface area contributed by atoms with Gasteiger partial charge in [0.25, 0.3) is 0 Å². The molecule has 0 N–H and O–H groups in total. The summed E-state index contributed by atoms with van der Waals surface area (Å²) in [4.78, 5) is 2.40. The Morgan fingerprint density at radius 1 is 0.500 bits per heavy atom. The number of hydrogen-bond acceptors (Lipinski definition) is 2. The molecule has 2 bridgehead atoms. The van der Waals surface area contributed by atoms with Gasteiger partial charge in [-0.05, 0) is 167 Å². The average Bonchev–Trinajstić information content (AvgIpc) is 3.25. The fraction of sp³-hybridized carbons (Fsp3) is 0.214. The Kier molecular flexibility index (Phi) is 9.79. The maximum Gasteiger partial charge on any atom is 0.130 e. The van der Waals surface area contributed by atoms with E-state index in [1.807, 2.05) is 0 Å². The van der Waals surface area contributed by atoms with Crippen molar-refractivity contribution >= 4 is 38.6 Å². The van der Waals surface area contributed by atoms with E-state index in [0.29, 0.717) is 0 Å². The molecular weight excluding hydrogens is 703 g/mol. The first-order chi connectivity index (χ1) is 28.5. The van der Waals surface area contributed by atoms with Gasteiger partial charge in [-0.3, -0.25) is 0 Å². The predicted molar refractivity (Wildman–Crippen MR) is 245 cm³/mol. The third-order valence-corrected chi connectivity index (χ3v) is 13.0. The summed E-state index contributed by atoms with van der Waals surface area (Å²) in [5.41, 5.74) is 10.6. The highest BCUT2D eigenvalue weighted by Crippen LogP contribution is 2.47. The first-order valence-electron chi connectivity index (χ1n) is 21.4. The van der Waals surface area contributed by atoms with E-state index in [-0.39, 0.29) is 0 Å². The van der Waals surface area contributed by atoms with E-state index in [0.717, 1.165) is 64.2 Å². The van der Waals surface area contributed by atoms with Crippen molar-refractivity contribution in [1.82, 2.24) is 0 Å². The molecule has 2 saturated carbocycles. The molecule has 10 rings (SSSR count). The molecule has 0 aliphatic heterocycles. The summed E-state index contributed by atoms with van der Waals surface area (Å²) in [7, 11) is 0. The molecular formula is C56H51NO. The van der Waals surface area contributed by atoms with Gasteiger partial charge in [0.15, 0.2) is 0 Å². The number of fused-ring (bicyclic) bond motifs is 4. The second-order valence-corrected chi connectivity index (χ2v) is 17.2. The normalized spacial score (nSPS) is 18.9. The number of aryl methyl sites for hydroxylation is 1. The lowest BCUT2D eigenvalue weighted by molar-refractivity contribution is 0.103. The van der Waals surface area contributed by atoms with Crippen molar-refractivity contribution in [2.24, 2.45) is 23.7 Å². The number of nitrogens with zero attached hydrogens (tertiary/aromatic N) is 1. The van der Waals surface area contributed by atoms with Crippen molar-refractivity contribution in [3.63, 3.8) is 0 Å². The van der Waals surface area contributed by atoms with Crippen LogP contribution in [-0.4, -0.2) is 0 Å². The second kappa shape index (κ2) is 15.7. The van der Waals surface area contributed by atoms with Crippen molar-refractivity contribution in [3.8, 4) is 33.8 Å². The lowest BCUT2D eigenvalue weighted by atomic mass is 9.64. The SMILES string of the molecule is Cc1cc(-c2cccc(N(c3ccc(-c4cccc5ccccc45)cc3)c3cccc4ccccc34)c2)ccc1Oc1ccccc1CC1C[C@H]2CC(C)C[C@@H](C1)C2. The summed E-state index contributed by atoms with van der Waals surface area (Å²) in [6.45, 7) is 4.63. The lowest BCUT2D eigenvalue weighted by Crippen LogP contribution is -2.31. The van der Waals surface area contributed by atoms with Crippen LogP contribution in [0.3, 0.4) is 0 Å². The van der Waals surface area contributed by atoms with Crippen molar-refractivity contribution < 1.29 is 4.74 Å². The van der Waals surface area contributed by atoms with Crippen molar-refractivity contribution in [2.45, 2.75) is 52.4 Å². The van der Waals surface area contributed by atoms with E-state index in [4.69, 9.17) is 4.74 Å². The van der Waals surface area contributed by atoms with Crippen LogP contribution in [0, 0.1) is 30.6 Å². The summed E-state index contributed by atoms with van der Waals surface area (Å²) in [6.07, 6.45) is 8.14. The van der Waals surface area contributed by atoms with E-state index in [1.54, 1.807) is 0 Å². The Morgan fingerprint density at radius 3 is 1.93 bits per heavy atom. The van der Waals surface area contributed by atoms with E-state index < -0.39 is 0 Å². The molecule has 0 heterocycles. The molecule has 58 heavy (non-hydrogen) atoms. The van der Waals surface area contributed by atoms with Crippen LogP contribution < -0.4 is 9.64 Å². The molecule has 2 aliphatic rings. The predicted octanol–water partition coefficient (Wildman–Crippen LogP) is 15.9. The first kappa shape index (κ1) is 36.2.